The summed E-state index contributed by atoms with van der Waals surface area (Å²) in [6.45, 7) is 2.99. The number of halogens is 1. The summed E-state index contributed by atoms with van der Waals surface area (Å²) in [7, 11) is -1.43. The van der Waals surface area contributed by atoms with Gasteiger partial charge in [-0.3, -0.25) is 9.00 Å². The van der Waals surface area contributed by atoms with Gasteiger partial charge in [0.2, 0.25) is 0 Å². The summed E-state index contributed by atoms with van der Waals surface area (Å²) in [6.07, 6.45) is 18.4. The Morgan fingerprint density at radius 1 is 0.771 bits per heavy atom. The Bertz CT molecular complexity index is 872. The van der Waals surface area contributed by atoms with Crippen LogP contribution in [0.1, 0.15) is 107 Å². The van der Waals surface area contributed by atoms with Crippen molar-refractivity contribution in [1.29, 1.82) is 0 Å². The molecule has 0 aliphatic rings. The van der Waals surface area contributed by atoms with Crippen molar-refractivity contribution in [2.75, 3.05) is 17.6 Å². The highest BCUT2D eigenvalue weighted by molar-refractivity contribution is 7.85. The van der Waals surface area contributed by atoms with Crippen LogP contribution < -0.4 is 5.32 Å². The molecule has 2 aromatic rings. The first kappa shape index (κ1) is 29.2. The van der Waals surface area contributed by atoms with E-state index in [0.29, 0.717) is 10.6 Å². The Labute approximate surface area is 214 Å². The van der Waals surface area contributed by atoms with E-state index in [1.54, 1.807) is 36.4 Å². The molecule has 3 nitrogen and oxygen atoms in total. The van der Waals surface area contributed by atoms with Crippen LogP contribution in [0.2, 0.25) is 0 Å². The molecule has 35 heavy (non-hydrogen) atoms. The molecule has 0 radical (unpaired) electrons. The molecular weight excluding hydrogens is 457 g/mol. The van der Waals surface area contributed by atoms with Gasteiger partial charge >= 0.3 is 0 Å². The Morgan fingerprint density at radius 2 is 1.31 bits per heavy atom. The zero-order valence-electron chi connectivity index (χ0n) is 21.5. The van der Waals surface area contributed by atoms with E-state index in [1.807, 2.05) is 6.07 Å². The van der Waals surface area contributed by atoms with Crippen LogP contribution in [-0.2, 0) is 10.8 Å². The molecule has 0 amide bonds. The Kier molecular flexibility index (Phi) is 15.3. The third-order valence-electron chi connectivity index (χ3n) is 6.41. The van der Waals surface area contributed by atoms with Gasteiger partial charge in [0, 0.05) is 17.0 Å². The predicted molar refractivity (Wildman–Crippen MR) is 147 cm³/mol. The highest BCUT2D eigenvalue weighted by Crippen LogP contribution is 2.18. The lowest BCUT2D eigenvalue weighted by atomic mass is 10.0. The molecule has 0 fully saturated rings. The first-order valence-corrected chi connectivity index (χ1v) is 14.9. The molecule has 0 aliphatic carbocycles. The van der Waals surface area contributed by atoms with Gasteiger partial charge in [-0.1, -0.05) is 109 Å². The van der Waals surface area contributed by atoms with Crippen molar-refractivity contribution in [2.45, 2.75) is 102 Å². The van der Waals surface area contributed by atoms with E-state index in [2.05, 4.69) is 12.2 Å². The van der Waals surface area contributed by atoms with E-state index in [4.69, 9.17) is 0 Å². The van der Waals surface area contributed by atoms with Gasteiger partial charge in [0.1, 0.15) is 5.82 Å². The molecule has 1 atom stereocenters. The van der Waals surface area contributed by atoms with Crippen LogP contribution >= 0.6 is 0 Å². The summed E-state index contributed by atoms with van der Waals surface area (Å²) in [4.78, 5) is 13.0. The fourth-order valence-electron chi connectivity index (χ4n) is 4.23. The van der Waals surface area contributed by atoms with Crippen LogP contribution in [0.3, 0.4) is 0 Å². The van der Waals surface area contributed by atoms with Crippen LogP contribution in [0.4, 0.5) is 10.1 Å². The molecule has 1 N–H and O–H groups in total. The largest absolute Gasteiger partial charge is 0.383 e. The summed E-state index contributed by atoms with van der Waals surface area (Å²) in [5.41, 5.74) is 0.675. The maximum Gasteiger partial charge on any atom is 0.175 e. The second-order valence-electron chi connectivity index (χ2n) is 9.44. The molecule has 0 saturated heterocycles. The predicted octanol–water partition coefficient (Wildman–Crippen LogP) is 8.71. The fraction of sp³-hybridized carbons (Fsp3) is 0.567. The number of hydrogen-bond donors (Lipinski definition) is 1. The van der Waals surface area contributed by atoms with E-state index in [9.17, 15) is 13.4 Å². The van der Waals surface area contributed by atoms with Crippen molar-refractivity contribution in [3.05, 3.63) is 59.9 Å². The molecule has 2 rings (SSSR count). The normalized spacial score (nSPS) is 11.9. The van der Waals surface area contributed by atoms with Gasteiger partial charge in [-0.05, 0) is 36.8 Å². The fourth-order valence-corrected chi connectivity index (χ4v) is 5.26. The summed E-state index contributed by atoms with van der Waals surface area (Å²) < 4.78 is 26.8. The average molecular weight is 502 g/mol. The molecule has 0 bridgehead atoms. The monoisotopic (exact) mass is 501 g/mol. The SMILES string of the molecule is CCCCCCCCCCCCCCCCNc1ccc(C(=O)CS(=O)c2ccccc2)cc1F. The molecule has 2 aromatic carbocycles. The van der Waals surface area contributed by atoms with Gasteiger partial charge in [-0.2, -0.15) is 0 Å². The van der Waals surface area contributed by atoms with Crippen molar-refractivity contribution in [2.24, 2.45) is 0 Å². The lowest BCUT2D eigenvalue weighted by Gasteiger charge is -2.09. The molecule has 0 heterocycles. The number of ketones is 1. The third-order valence-corrected chi connectivity index (χ3v) is 7.73. The number of rotatable bonds is 20. The number of Topliss-reactive ketones (excluding diaryl/α,β-unsaturated/α-hetero) is 1. The molecule has 194 valence electrons. The average Bonchev–Trinajstić information content (AvgIpc) is 2.87. The maximum atomic E-state index is 14.5. The Morgan fingerprint density at radius 3 is 1.86 bits per heavy atom. The van der Waals surface area contributed by atoms with E-state index in [-0.39, 0.29) is 17.1 Å². The van der Waals surface area contributed by atoms with Gasteiger partial charge in [-0.15, -0.1) is 0 Å². The van der Waals surface area contributed by atoms with E-state index < -0.39 is 16.6 Å². The highest BCUT2D eigenvalue weighted by Gasteiger charge is 2.14. The summed E-state index contributed by atoms with van der Waals surface area (Å²) in [6, 6.07) is 13.3. The highest BCUT2D eigenvalue weighted by atomic mass is 32.2. The Hall–Kier alpha value is -2.01. The first-order valence-electron chi connectivity index (χ1n) is 13.6. The Balaban J connectivity index is 1.53. The van der Waals surface area contributed by atoms with Crippen molar-refractivity contribution in [3.8, 4) is 0 Å². The minimum Gasteiger partial charge on any atom is -0.383 e. The summed E-state index contributed by atoms with van der Waals surface area (Å²) >= 11 is 0. The van der Waals surface area contributed by atoms with Crippen LogP contribution in [-0.4, -0.2) is 22.3 Å². The number of benzene rings is 2. The number of unbranched alkanes of at least 4 members (excludes halogenated alkanes) is 13. The zero-order chi connectivity index (χ0) is 25.1. The van der Waals surface area contributed by atoms with Gasteiger partial charge in [-0.25, -0.2) is 4.39 Å². The first-order chi connectivity index (χ1) is 17.1. The lowest BCUT2D eigenvalue weighted by molar-refractivity contribution is 0.102. The van der Waals surface area contributed by atoms with Crippen molar-refractivity contribution < 1.29 is 13.4 Å². The smallest absolute Gasteiger partial charge is 0.175 e. The number of nitrogens with one attached hydrogen (secondary N) is 1. The molecular formula is C30H44FNO2S. The quantitative estimate of drug-likeness (QED) is 0.146. The van der Waals surface area contributed by atoms with E-state index in [0.717, 1.165) is 19.4 Å². The minimum absolute atomic E-state index is 0.144. The molecule has 0 saturated carbocycles. The van der Waals surface area contributed by atoms with Crippen molar-refractivity contribution in [3.63, 3.8) is 0 Å². The van der Waals surface area contributed by atoms with Crippen LogP contribution in [0.5, 0.6) is 0 Å². The second-order valence-corrected chi connectivity index (χ2v) is 10.9. The van der Waals surface area contributed by atoms with Crippen molar-refractivity contribution in [1.82, 2.24) is 0 Å². The number of carbonyl (C=O) groups excluding carboxylic acids is 1. The van der Waals surface area contributed by atoms with Crippen LogP contribution in [0.15, 0.2) is 53.4 Å². The molecule has 0 spiro atoms. The second kappa shape index (κ2) is 18.3. The van der Waals surface area contributed by atoms with Gasteiger partial charge in [0.05, 0.1) is 22.2 Å². The summed E-state index contributed by atoms with van der Waals surface area (Å²) in [5, 5.41) is 3.14. The maximum absolute atomic E-state index is 14.5. The van der Waals surface area contributed by atoms with Crippen LogP contribution in [0, 0.1) is 5.82 Å². The van der Waals surface area contributed by atoms with Gasteiger partial charge in [0.25, 0.3) is 0 Å². The van der Waals surface area contributed by atoms with Crippen LogP contribution in [0.25, 0.3) is 0 Å². The molecule has 5 heteroatoms. The van der Waals surface area contributed by atoms with Gasteiger partial charge < -0.3 is 5.32 Å². The number of anilines is 1. The van der Waals surface area contributed by atoms with Gasteiger partial charge in [0.15, 0.2) is 5.78 Å². The third kappa shape index (κ3) is 12.5. The summed E-state index contributed by atoms with van der Waals surface area (Å²) in [5.74, 6) is -0.897. The molecule has 0 aliphatic heterocycles. The lowest BCUT2D eigenvalue weighted by Crippen LogP contribution is -2.12. The standard InChI is InChI=1S/C30H44FNO2S/c1-2-3-4-5-6-7-8-9-10-11-12-13-14-18-23-32-29-22-21-26(24-28(29)31)30(33)25-35(34)27-19-16-15-17-20-27/h15-17,19-22,24,32H,2-14,18,23,25H2,1H3. The van der Waals surface area contributed by atoms with E-state index in [1.165, 1.54) is 83.1 Å². The molecule has 0 aromatic heterocycles. The molecule has 1 unspecified atom stereocenters. The zero-order valence-corrected chi connectivity index (χ0v) is 22.4. The van der Waals surface area contributed by atoms with Crippen molar-refractivity contribution >= 4 is 22.3 Å². The number of carbonyl (C=O) groups is 1. The van der Waals surface area contributed by atoms with E-state index >= 15 is 0 Å². The minimum atomic E-state index is -1.43. The number of hydrogen-bond acceptors (Lipinski definition) is 3. The topological polar surface area (TPSA) is 46.2 Å².